The summed E-state index contributed by atoms with van der Waals surface area (Å²) in [4.78, 5) is 0. The number of rotatable bonds is 8. The van der Waals surface area contributed by atoms with Gasteiger partial charge in [0.15, 0.2) is 0 Å². The number of benzene rings is 1. The molecule has 1 N–H and O–H groups in total. The second-order valence-corrected chi connectivity index (χ2v) is 6.50. The zero-order chi connectivity index (χ0) is 14.3. The van der Waals surface area contributed by atoms with Crippen LogP contribution in [-0.4, -0.2) is 12.6 Å². The molecular weight excluding hydrogens is 230 g/mol. The monoisotopic (exact) mass is 261 g/mol. The average Bonchev–Trinajstić information content (AvgIpc) is 2.32. The Labute approximate surface area is 119 Å². The molecule has 1 heteroatoms. The number of aryl methyl sites for hydroxylation is 1. The van der Waals surface area contributed by atoms with E-state index in [9.17, 15) is 0 Å². The van der Waals surface area contributed by atoms with E-state index in [0.717, 1.165) is 12.5 Å². The summed E-state index contributed by atoms with van der Waals surface area (Å²) < 4.78 is 0. The van der Waals surface area contributed by atoms with Crippen LogP contribution in [0.1, 0.15) is 64.0 Å². The summed E-state index contributed by atoms with van der Waals surface area (Å²) in [7, 11) is 0. The lowest BCUT2D eigenvalue weighted by Crippen LogP contribution is -2.28. The van der Waals surface area contributed by atoms with Crippen molar-refractivity contribution in [1.29, 1.82) is 0 Å². The van der Waals surface area contributed by atoms with Crippen molar-refractivity contribution in [2.24, 2.45) is 5.92 Å². The third-order valence-corrected chi connectivity index (χ3v) is 3.62. The van der Waals surface area contributed by atoms with E-state index in [1.54, 1.807) is 0 Å². The van der Waals surface area contributed by atoms with E-state index in [-0.39, 0.29) is 0 Å². The third kappa shape index (κ3) is 6.77. The summed E-state index contributed by atoms with van der Waals surface area (Å²) >= 11 is 0. The van der Waals surface area contributed by atoms with Crippen molar-refractivity contribution < 1.29 is 0 Å². The van der Waals surface area contributed by atoms with E-state index in [1.807, 2.05) is 0 Å². The Balaban J connectivity index is 2.62. The van der Waals surface area contributed by atoms with Gasteiger partial charge in [0.1, 0.15) is 0 Å². The highest BCUT2D eigenvalue weighted by Gasteiger charge is 2.12. The first-order valence-electron chi connectivity index (χ1n) is 7.79. The first kappa shape index (κ1) is 16.2. The van der Waals surface area contributed by atoms with Gasteiger partial charge in [0.05, 0.1) is 0 Å². The molecule has 1 rings (SSSR count). The highest BCUT2D eigenvalue weighted by Crippen LogP contribution is 2.23. The molecule has 1 atom stereocenters. The van der Waals surface area contributed by atoms with Crippen LogP contribution < -0.4 is 5.32 Å². The molecule has 0 saturated carbocycles. The van der Waals surface area contributed by atoms with Gasteiger partial charge in [0.25, 0.3) is 0 Å². The van der Waals surface area contributed by atoms with Gasteiger partial charge in [-0.2, -0.15) is 0 Å². The van der Waals surface area contributed by atoms with Crippen LogP contribution in [0.4, 0.5) is 0 Å². The molecule has 0 spiro atoms. The van der Waals surface area contributed by atoms with Crippen LogP contribution in [0.15, 0.2) is 24.3 Å². The lowest BCUT2D eigenvalue weighted by atomic mass is 9.91. The largest absolute Gasteiger partial charge is 0.314 e. The molecule has 0 radical (unpaired) electrons. The quantitative estimate of drug-likeness (QED) is 0.701. The van der Waals surface area contributed by atoms with Gasteiger partial charge in [-0.25, -0.2) is 0 Å². The van der Waals surface area contributed by atoms with E-state index in [0.29, 0.717) is 12.0 Å². The fourth-order valence-corrected chi connectivity index (χ4v) is 2.46. The Morgan fingerprint density at radius 3 is 2.37 bits per heavy atom. The number of hydrogen-bond acceptors (Lipinski definition) is 1. The van der Waals surface area contributed by atoms with Gasteiger partial charge in [0.2, 0.25) is 0 Å². The number of hydrogen-bond donors (Lipinski definition) is 1. The minimum absolute atomic E-state index is 0.567. The molecule has 0 aromatic heterocycles. The average molecular weight is 261 g/mol. The van der Waals surface area contributed by atoms with E-state index in [2.05, 4.69) is 64.2 Å². The van der Waals surface area contributed by atoms with Crippen LogP contribution >= 0.6 is 0 Å². The summed E-state index contributed by atoms with van der Waals surface area (Å²) in [5.41, 5.74) is 2.87. The zero-order valence-corrected chi connectivity index (χ0v) is 13.4. The summed E-state index contributed by atoms with van der Waals surface area (Å²) in [5.74, 6) is 1.47. The lowest BCUT2D eigenvalue weighted by Gasteiger charge is -2.20. The highest BCUT2D eigenvalue weighted by atomic mass is 14.9. The second-order valence-electron chi connectivity index (χ2n) is 6.50. The van der Waals surface area contributed by atoms with Crippen LogP contribution in [-0.2, 0) is 0 Å². The molecule has 0 bridgehead atoms. The van der Waals surface area contributed by atoms with Crippen molar-refractivity contribution >= 4 is 0 Å². The maximum atomic E-state index is 3.60. The maximum absolute atomic E-state index is 3.60. The fraction of sp³-hybridized carbons (Fsp3) is 0.667. The van der Waals surface area contributed by atoms with Crippen LogP contribution in [0.25, 0.3) is 0 Å². The van der Waals surface area contributed by atoms with Gasteiger partial charge in [0, 0.05) is 12.6 Å². The molecule has 1 aromatic rings. The van der Waals surface area contributed by atoms with Crippen LogP contribution in [0, 0.1) is 12.8 Å². The normalized spacial score (nSPS) is 13.2. The van der Waals surface area contributed by atoms with Crippen molar-refractivity contribution in [3.63, 3.8) is 0 Å². The molecule has 0 fully saturated rings. The van der Waals surface area contributed by atoms with E-state index >= 15 is 0 Å². The van der Waals surface area contributed by atoms with Crippen molar-refractivity contribution in [3.05, 3.63) is 35.4 Å². The second kappa shape index (κ2) is 8.37. The van der Waals surface area contributed by atoms with E-state index in [4.69, 9.17) is 0 Å². The summed E-state index contributed by atoms with van der Waals surface area (Å²) in [6.07, 6.45) is 3.96. The summed E-state index contributed by atoms with van der Waals surface area (Å²) in [6.45, 7) is 12.4. The molecule has 0 aliphatic heterocycles. The van der Waals surface area contributed by atoms with Crippen molar-refractivity contribution in [1.82, 2.24) is 5.32 Å². The molecule has 1 nitrogen and oxygen atoms in total. The Bertz CT molecular complexity index is 354. The van der Waals surface area contributed by atoms with Gasteiger partial charge >= 0.3 is 0 Å². The molecule has 0 saturated heterocycles. The van der Waals surface area contributed by atoms with Gasteiger partial charge in [-0.15, -0.1) is 0 Å². The smallest absolute Gasteiger partial charge is 0.00225 e. The molecule has 19 heavy (non-hydrogen) atoms. The van der Waals surface area contributed by atoms with E-state index < -0.39 is 0 Å². The minimum atomic E-state index is 0.567. The summed E-state index contributed by atoms with van der Waals surface area (Å²) in [5, 5.41) is 3.60. The Kier molecular flexibility index (Phi) is 7.15. The molecule has 1 aromatic carbocycles. The molecule has 0 aliphatic carbocycles. The highest BCUT2D eigenvalue weighted by molar-refractivity contribution is 5.25. The lowest BCUT2D eigenvalue weighted by molar-refractivity contribution is 0.464. The first-order chi connectivity index (χ1) is 8.99. The standard InChI is InChI=1S/C18H31N/c1-14(2)8-6-11-18(13-19-15(3)4)17-10-7-9-16(5)12-17/h7,9-10,12,14-15,18-19H,6,8,11,13H2,1-5H3. The Morgan fingerprint density at radius 2 is 1.79 bits per heavy atom. The number of nitrogens with one attached hydrogen (secondary N) is 1. The van der Waals surface area contributed by atoms with Gasteiger partial charge in [-0.3, -0.25) is 0 Å². The fourth-order valence-electron chi connectivity index (χ4n) is 2.46. The predicted octanol–water partition coefficient (Wildman–Crippen LogP) is 4.90. The molecular formula is C18H31N. The van der Waals surface area contributed by atoms with Gasteiger partial charge in [-0.05, 0) is 30.7 Å². The van der Waals surface area contributed by atoms with Gasteiger partial charge < -0.3 is 5.32 Å². The third-order valence-electron chi connectivity index (χ3n) is 3.62. The van der Waals surface area contributed by atoms with Crippen molar-refractivity contribution in [2.75, 3.05) is 6.54 Å². The molecule has 108 valence electrons. The first-order valence-corrected chi connectivity index (χ1v) is 7.79. The van der Waals surface area contributed by atoms with Gasteiger partial charge in [-0.1, -0.05) is 70.4 Å². The van der Waals surface area contributed by atoms with Crippen molar-refractivity contribution in [3.8, 4) is 0 Å². The van der Waals surface area contributed by atoms with Crippen LogP contribution in [0.3, 0.4) is 0 Å². The minimum Gasteiger partial charge on any atom is -0.314 e. The van der Waals surface area contributed by atoms with Crippen molar-refractivity contribution in [2.45, 2.75) is 65.8 Å². The molecule has 0 heterocycles. The maximum Gasteiger partial charge on any atom is 0.00225 e. The predicted molar refractivity (Wildman–Crippen MR) is 85.7 cm³/mol. The SMILES string of the molecule is Cc1cccc(C(CCCC(C)C)CNC(C)C)c1. The molecule has 0 amide bonds. The Morgan fingerprint density at radius 1 is 1.05 bits per heavy atom. The Hall–Kier alpha value is -0.820. The molecule has 0 aliphatic rings. The molecule has 1 unspecified atom stereocenters. The summed E-state index contributed by atoms with van der Waals surface area (Å²) in [6, 6.07) is 9.58. The zero-order valence-electron chi connectivity index (χ0n) is 13.4. The van der Waals surface area contributed by atoms with Crippen LogP contribution in [0.5, 0.6) is 0 Å². The topological polar surface area (TPSA) is 12.0 Å². The van der Waals surface area contributed by atoms with E-state index in [1.165, 1.54) is 30.4 Å². The van der Waals surface area contributed by atoms with Crippen LogP contribution in [0.2, 0.25) is 0 Å².